The zero-order chi connectivity index (χ0) is 10.4. The highest BCUT2D eigenvalue weighted by molar-refractivity contribution is 7.98. The molecule has 1 rings (SSSR count). The van der Waals surface area contributed by atoms with Crippen LogP contribution in [0.5, 0.6) is 0 Å². The predicted octanol–water partition coefficient (Wildman–Crippen LogP) is 2.64. The SMILES string of the molecule is CSCCCN(C)Cc1csc(C)n1. The molecule has 1 aromatic heterocycles. The van der Waals surface area contributed by atoms with E-state index in [1.807, 2.05) is 11.8 Å². The monoisotopic (exact) mass is 230 g/mol. The van der Waals surface area contributed by atoms with Crippen LogP contribution in [0, 0.1) is 6.92 Å². The molecule has 2 nitrogen and oxygen atoms in total. The van der Waals surface area contributed by atoms with Gasteiger partial charge in [-0.2, -0.15) is 11.8 Å². The number of aryl methyl sites for hydroxylation is 1. The Kier molecular flexibility index (Phi) is 5.52. The zero-order valence-electron chi connectivity index (χ0n) is 9.12. The second-order valence-corrected chi connectivity index (χ2v) is 5.49. The lowest BCUT2D eigenvalue weighted by Gasteiger charge is -2.14. The number of rotatable bonds is 6. The van der Waals surface area contributed by atoms with Crippen molar-refractivity contribution in [3.8, 4) is 0 Å². The summed E-state index contributed by atoms with van der Waals surface area (Å²) in [6, 6.07) is 0. The molecule has 0 saturated carbocycles. The number of hydrogen-bond donors (Lipinski definition) is 0. The minimum Gasteiger partial charge on any atom is -0.300 e. The Morgan fingerprint density at radius 2 is 2.36 bits per heavy atom. The summed E-state index contributed by atoms with van der Waals surface area (Å²) in [5.74, 6) is 1.25. The predicted molar refractivity (Wildman–Crippen MR) is 66.2 cm³/mol. The van der Waals surface area contributed by atoms with E-state index in [0.717, 1.165) is 18.1 Å². The molecule has 80 valence electrons. The molecule has 0 saturated heterocycles. The topological polar surface area (TPSA) is 16.1 Å². The largest absolute Gasteiger partial charge is 0.300 e. The van der Waals surface area contributed by atoms with Crippen molar-refractivity contribution in [2.45, 2.75) is 19.9 Å². The van der Waals surface area contributed by atoms with Crippen molar-refractivity contribution in [2.24, 2.45) is 0 Å². The van der Waals surface area contributed by atoms with Gasteiger partial charge < -0.3 is 4.90 Å². The summed E-state index contributed by atoms with van der Waals surface area (Å²) in [6.45, 7) is 4.21. The summed E-state index contributed by atoms with van der Waals surface area (Å²) in [5.41, 5.74) is 1.21. The molecule has 0 aliphatic carbocycles. The maximum atomic E-state index is 4.45. The van der Waals surface area contributed by atoms with E-state index in [2.05, 4.69) is 35.5 Å². The van der Waals surface area contributed by atoms with E-state index in [-0.39, 0.29) is 0 Å². The van der Waals surface area contributed by atoms with E-state index in [4.69, 9.17) is 0 Å². The molecule has 14 heavy (non-hydrogen) atoms. The highest BCUT2D eigenvalue weighted by Crippen LogP contribution is 2.10. The van der Waals surface area contributed by atoms with Crippen LogP contribution in [-0.2, 0) is 6.54 Å². The average Bonchev–Trinajstić information content (AvgIpc) is 2.52. The molecule has 1 heterocycles. The van der Waals surface area contributed by atoms with Crippen molar-refractivity contribution >= 4 is 23.1 Å². The van der Waals surface area contributed by atoms with Crippen LogP contribution in [0.2, 0.25) is 0 Å². The Hall–Kier alpha value is -0.0600. The summed E-state index contributed by atoms with van der Waals surface area (Å²) in [7, 11) is 2.16. The molecule has 4 heteroatoms. The lowest BCUT2D eigenvalue weighted by atomic mass is 10.4. The van der Waals surface area contributed by atoms with E-state index in [1.165, 1.54) is 17.9 Å². The highest BCUT2D eigenvalue weighted by Gasteiger charge is 2.02. The van der Waals surface area contributed by atoms with Crippen molar-refractivity contribution in [1.82, 2.24) is 9.88 Å². The lowest BCUT2D eigenvalue weighted by Crippen LogP contribution is -2.19. The second kappa shape index (κ2) is 6.43. The number of thioether (sulfide) groups is 1. The molecular formula is C10H18N2S2. The van der Waals surface area contributed by atoms with Gasteiger partial charge in [0.2, 0.25) is 0 Å². The van der Waals surface area contributed by atoms with Crippen LogP contribution < -0.4 is 0 Å². The Labute approximate surface area is 94.7 Å². The van der Waals surface area contributed by atoms with Crippen LogP contribution in [0.1, 0.15) is 17.1 Å². The summed E-state index contributed by atoms with van der Waals surface area (Å²) in [4.78, 5) is 6.79. The second-order valence-electron chi connectivity index (χ2n) is 3.44. The maximum absolute atomic E-state index is 4.45. The van der Waals surface area contributed by atoms with Crippen LogP contribution in [0.3, 0.4) is 0 Å². The first-order valence-electron chi connectivity index (χ1n) is 4.81. The maximum Gasteiger partial charge on any atom is 0.0897 e. The molecule has 0 bridgehead atoms. The lowest BCUT2D eigenvalue weighted by molar-refractivity contribution is 0.325. The fraction of sp³-hybridized carbons (Fsp3) is 0.700. The Morgan fingerprint density at radius 1 is 1.57 bits per heavy atom. The zero-order valence-corrected chi connectivity index (χ0v) is 10.7. The molecule has 0 aromatic carbocycles. The van der Waals surface area contributed by atoms with Gasteiger partial charge in [0.15, 0.2) is 0 Å². The van der Waals surface area contributed by atoms with Crippen LogP contribution in [0.25, 0.3) is 0 Å². The van der Waals surface area contributed by atoms with E-state index in [9.17, 15) is 0 Å². The van der Waals surface area contributed by atoms with Gasteiger partial charge >= 0.3 is 0 Å². The summed E-state index contributed by atoms with van der Waals surface area (Å²) < 4.78 is 0. The van der Waals surface area contributed by atoms with Gasteiger partial charge in [-0.25, -0.2) is 4.98 Å². The number of hydrogen-bond acceptors (Lipinski definition) is 4. The molecule has 0 fully saturated rings. The fourth-order valence-electron chi connectivity index (χ4n) is 1.32. The van der Waals surface area contributed by atoms with Gasteiger partial charge in [0.05, 0.1) is 10.7 Å². The Bertz CT molecular complexity index is 260. The third kappa shape index (κ3) is 4.44. The highest BCUT2D eigenvalue weighted by atomic mass is 32.2. The standard InChI is InChI=1S/C10H18N2S2/c1-9-11-10(8-14-9)7-12(2)5-4-6-13-3/h8H,4-7H2,1-3H3. The third-order valence-corrected chi connectivity index (χ3v) is 3.51. The quantitative estimate of drug-likeness (QED) is 0.699. The molecule has 0 aliphatic heterocycles. The molecule has 1 aromatic rings. The van der Waals surface area contributed by atoms with Crippen LogP contribution >= 0.6 is 23.1 Å². The Balaban J connectivity index is 2.23. The molecule has 0 amide bonds. The molecule has 0 atom stereocenters. The van der Waals surface area contributed by atoms with Crippen molar-refractivity contribution in [3.05, 3.63) is 16.1 Å². The van der Waals surface area contributed by atoms with Crippen molar-refractivity contribution < 1.29 is 0 Å². The van der Waals surface area contributed by atoms with Crippen molar-refractivity contribution in [3.63, 3.8) is 0 Å². The summed E-state index contributed by atoms with van der Waals surface area (Å²) >= 11 is 3.65. The Morgan fingerprint density at radius 3 is 2.93 bits per heavy atom. The van der Waals surface area contributed by atoms with Gasteiger partial charge in [0.25, 0.3) is 0 Å². The fourth-order valence-corrected chi connectivity index (χ4v) is 2.34. The number of nitrogens with zero attached hydrogens (tertiary/aromatic N) is 2. The average molecular weight is 230 g/mol. The van der Waals surface area contributed by atoms with Crippen LogP contribution in [0.4, 0.5) is 0 Å². The van der Waals surface area contributed by atoms with Crippen LogP contribution in [0.15, 0.2) is 5.38 Å². The minimum atomic E-state index is 0.985. The van der Waals surface area contributed by atoms with Gasteiger partial charge in [0, 0.05) is 11.9 Å². The first-order chi connectivity index (χ1) is 6.72. The summed E-state index contributed by atoms with van der Waals surface area (Å²) in [6.07, 6.45) is 3.42. The molecular weight excluding hydrogens is 212 g/mol. The van der Waals surface area contributed by atoms with E-state index in [1.54, 1.807) is 11.3 Å². The van der Waals surface area contributed by atoms with Gasteiger partial charge in [-0.15, -0.1) is 11.3 Å². The summed E-state index contributed by atoms with van der Waals surface area (Å²) in [5, 5.41) is 3.32. The van der Waals surface area contributed by atoms with E-state index >= 15 is 0 Å². The normalized spacial score (nSPS) is 11.1. The van der Waals surface area contributed by atoms with Crippen molar-refractivity contribution in [1.29, 1.82) is 0 Å². The number of aromatic nitrogens is 1. The number of thiazole rings is 1. The first-order valence-corrected chi connectivity index (χ1v) is 7.08. The van der Waals surface area contributed by atoms with Gasteiger partial charge in [-0.1, -0.05) is 0 Å². The molecule has 0 N–H and O–H groups in total. The smallest absolute Gasteiger partial charge is 0.0897 e. The van der Waals surface area contributed by atoms with Gasteiger partial charge in [0.1, 0.15) is 0 Å². The third-order valence-electron chi connectivity index (χ3n) is 1.99. The minimum absolute atomic E-state index is 0.985. The van der Waals surface area contributed by atoms with E-state index in [0.29, 0.717) is 0 Å². The molecule has 0 unspecified atom stereocenters. The van der Waals surface area contributed by atoms with Crippen LogP contribution in [-0.4, -0.2) is 35.5 Å². The van der Waals surface area contributed by atoms with Gasteiger partial charge in [-0.3, -0.25) is 0 Å². The van der Waals surface area contributed by atoms with Gasteiger partial charge in [-0.05, 0) is 38.9 Å². The van der Waals surface area contributed by atoms with Crippen molar-refractivity contribution in [2.75, 3.05) is 25.6 Å². The molecule has 0 radical (unpaired) electrons. The van der Waals surface area contributed by atoms with E-state index < -0.39 is 0 Å². The first kappa shape index (κ1) is 12.0. The molecule has 0 aliphatic rings. The molecule has 0 spiro atoms.